The quantitative estimate of drug-likeness (QED) is 0.480. The highest BCUT2D eigenvalue weighted by atomic mass is 31.2. The van der Waals surface area contributed by atoms with Crippen molar-refractivity contribution in [3.05, 3.63) is 52.1 Å². The molecule has 2 atom stereocenters. The number of hydrogen-bond donors (Lipinski definition) is 2. The Balaban J connectivity index is 1.29. The number of H-pyrrole nitrogens is 1. The number of nitrogens with zero attached hydrogens (tertiary/aromatic N) is 3. The van der Waals surface area contributed by atoms with Crippen molar-refractivity contribution in [1.82, 2.24) is 19.5 Å². The Morgan fingerprint density at radius 3 is 3.04 bits per heavy atom. The van der Waals surface area contributed by atoms with Gasteiger partial charge in [-0.3, -0.25) is 9.78 Å². The molecule has 9 nitrogen and oxygen atoms in total. The van der Waals surface area contributed by atoms with Gasteiger partial charge in [0.25, 0.3) is 5.56 Å². The zero-order valence-corrected chi connectivity index (χ0v) is 16.4. The molecule has 1 fully saturated rings. The van der Waals surface area contributed by atoms with E-state index >= 15 is 0 Å². The van der Waals surface area contributed by atoms with E-state index < -0.39 is 8.38 Å². The molecular formula is C18H22N5O4P. The molecule has 28 heavy (non-hydrogen) atoms. The van der Waals surface area contributed by atoms with Crippen LogP contribution in [0.4, 0.5) is 5.95 Å². The molecule has 3 N–H and O–H groups in total. The molecule has 3 aromatic rings. The smallest absolute Gasteiger partial charge is 0.280 e. The summed E-state index contributed by atoms with van der Waals surface area (Å²) in [6.07, 6.45) is 2.83. The molecule has 2 aromatic heterocycles. The fraction of sp³-hybridized carbons (Fsp3) is 0.389. The van der Waals surface area contributed by atoms with Crippen LogP contribution in [0.15, 0.2) is 35.4 Å². The van der Waals surface area contributed by atoms with Gasteiger partial charge in [-0.2, -0.15) is 4.98 Å². The average molecular weight is 403 g/mol. The number of fused-ring (bicyclic) bond motifs is 1. The Labute approximate surface area is 162 Å². The van der Waals surface area contributed by atoms with Crippen LogP contribution in [-0.2, 0) is 20.3 Å². The fourth-order valence-electron chi connectivity index (χ4n) is 3.00. The fourth-order valence-corrected chi connectivity index (χ4v) is 4.29. The van der Waals surface area contributed by atoms with E-state index in [0.29, 0.717) is 31.8 Å². The number of ether oxygens (including phenoxy) is 1. The van der Waals surface area contributed by atoms with Gasteiger partial charge in [0.05, 0.1) is 25.6 Å². The average Bonchev–Trinajstić information content (AvgIpc) is 3.09. The van der Waals surface area contributed by atoms with Crippen molar-refractivity contribution in [2.24, 2.45) is 0 Å². The van der Waals surface area contributed by atoms with Crippen LogP contribution in [0.5, 0.6) is 0 Å². The molecule has 10 heteroatoms. The van der Waals surface area contributed by atoms with E-state index in [-0.39, 0.29) is 23.1 Å². The number of anilines is 1. The highest BCUT2D eigenvalue weighted by Gasteiger charge is 2.25. The van der Waals surface area contributed by atoms with Crippen LogP contribution in [0.1, 0.15) is 23.7 Å². The first kappa shape index (κ1) is 19.0. The molecule has 0 bridgehead atoms. The summed E-state index contributed by atoms with van der Waals surface area (Å²) < 4.78 is 19.3. The standard InChI is InChI=1S/C18H22N5O4P/c1-12-2-4-13(5-3-12)14-6-8-26-28(27-14)11-25-9-7-23-10-20-15-16(23)21-18(19)22-17(15)24/h2-5,10,14H,6-9,11H2,1H3,(H3,19,21,22,24). The Morgan fingerprint density at radius 2 is 2.21 bits per heavy atom. The summed E-state index contributed by atoms with van der Waals surface area (Å²) in [6, 6.07) is 8.39. The van der Waals surface area contributed by atoms with Gasteiger partial charge in [-0.05, 0) is 12.5 Å². The second kappa shape index (κ2) is 8.36. The number of rotatable bonds is 6. The number of aromatic nitrogens is 4. The van der Waals surface area contributed by atoms with Crippen molar-refractivity contribution in [1.29, 1.82) is 0 Å². The zero-order valence-electron chi connectivity index (χ0n) is 15.5. The third-order valence-electron chi connectivity index (χ3n) is 4.48. The lowest BCUT2D eigenvalue weighted by Gasteiger charge is -2.29. The molecule has 0 aliphatic carbocycles. The minimum absolute atomic E-state index is 0.0422. The molecule has 1 saturated heterocycles. The van der Waals surface area contributed by atoms with E-state index in [1.54, 1.807) is 10.9 Å². The molecular weight excluding hydrogens is 381 g/mol. The van der Waals surface area contributed by atoms with E-state index in [1.807, 2.05) is 0 Å². The summed E-state index contributed by atoms with van der Waals surface area (Å²) in [4.78, 5) is 22.4. The highest BCUT2D eigenvalue weighted by Crippen LogP contribution is 2.48. The topological polar surface area (TPSA) is 117 Å². The van der Waals surface area contributed by atoms with Crippen molar-refractivity contribution in [2.75, 3.05) is 25.3 Å². The van der Waals surface area contributed by atoms with E-state index in [0.717, 1.165) is 6.42 Å². The second-order valence-electron chi connectivity index (χ2n) is 6.56. The van der Waals surface area contributed by atoms with Gasteiger partial charge in [0.15, 0.2) is 19.5 Å². The number of aromatic amines is 1. The number of nitrogens with two attached hydrogens (primary N) is 1. The number of imidazole rings is 1. The van der Waals surface area contributed by atoms with Gasteiger partial charge in [-0.15, -0.1) is 0 Å². The van der Waals surface area contributed by atoms with E-state index in [1.165, 1.54) is 11.1 Å². The molecule has 148 valence electrons. The van der Waals surface area contributed by atoms with Crippen LogP contribution in [0.2, 0.25) is 0 Å². The van der Waals surface area contributed by atoms with Crippen LogP contribution in [0, 0.1) is 6.92 Å². The molecule has 3 heterocycles. The van der Waals surface area contributed by atoms with E-state index in [4.69, 9.17) is 19.5 Å². The Morgan fingerprint density at radius 1 is 1.39 bits per heavy atom. The summed E-state index contributed by atoms with van der Waals surface area (Å²) >= 11 is 0. The van der Waals surface area contributed by atoms with Crippen LogP contribution in [0.3, 0.4) is 0 Å². The van der Waals surface area contributed by atoms with E-state index in [2.05, 4.69) is 46.1 Å². The molecule has 0 saturated carbocycles. The van der Waals surface area contributed by atoms with Crippen LogP contribution in [0.25, 0.3) is 11.2 Å². The maximum absolute atomic E-state index is 11.8. The van der Waals surface area contributed by atoms with Gasteiger partial charge >= 0.3 is 0 Å². The summed E-state index contributed by atoms with van der Waals surface area (Å²) in [5.74, 6) is 0.0646. The number of benzene rings is 1. The van der Waals surface area contributed by atoms with Gasteiger partial charge in [-0.25, -0.2) is 4.98 Å². The molecule has 2 unspecified atom stereocenters. The normalized spacial score (nSPS) is 19.9. The lowest BCUT2D eigenvalue weighted by Crippen LogP contribution is -2.15. The van der Waals surface area contributed by atoms with Crippen molar-refractivity contribution >= 4 is 25.5 Å². The summed E-state index contributed by atoms with van der Waals surface area (Å²) in [5, 5.41) is 0. The van der Waals surface area contributed by atoms with Gasteiger partial charge in [0, 0.05) is 13.0 Å². The Hall–Kier alpha value is -2.32. The largest absolute Gasteiger partial charge is 0.370 e. The first-order chi connectivity index (χ1) is 13.6. The Kier molecular flexibility index (Phi) is 5.68. The second-order valence-corrected chi connectivity index (χ2v) is 7.95. The van der Waals surface area contributed by atoms with Crippen molar-refractivity contribution in [2.45, 2.75) is 26.0 Å². The van der Waals surface area contributed by atoms with Gasteiger partial charge < -0.3 is 24.1 Å². The SMILES string of the molecule is Cc1ccc(C2CCOP(COCCn3cnc4c(=O)[nH]c(N)nc43)O2)cc1. The highest BCUT2D eigenvalue weighted by molar-refractivity contribution is 7.47. The maximum Gasteiger partial charge on any atom is 0.280 e. The van der Waals surface area contributed by atoms with Crippen molar-refractivity contribution < 1.29 is 13.8 Å². The minimum atomic E-state index is -1.09. The van der Waals surface area contributed by atoms with Crippen LogP contribution < -0.4 is 11.3 Å². The molecule has 1 aromatic carbocycles. The molecule has 4 rings (SSSR count). The van der Waals surface area contributed by atoms with Crippen molar-refractivity contribution in [3.8, 4) is 0 Å². The lowest BCUT2D eigenvalue weighted by atomic mass is 10.1. The summed E-state index contributed by atoms with van der Waals surface area (Å²) in [6.45, 7) is 3.64. The summed E-state index contributed by atoms with van der Waals surface area (Å²) in [5.41, 5.74) is 8.36. The predicted molar refractivity (Wildman–Crippen MR) is 106 cm³/mol. The molecule has 1 aliphatic heterocycles. The van der Waals surface area contributed by atoms with Gasteiger partial charge in [0.2, 0.25) is 5.95 Å². The number of aryl methyl sites for hydroxylation is 1. The maximum atomic E-state index is 11.8. The van der Waals surface area contributed by atoms with E-state index in [9.17, 15) is 4.79 Å². The number of hydrogen-bond acceptors (Lipinski definition) is 7. The Bertz CT molecular complexity index is 1000. The lowest BCUT2D eigenvalue weighted by molar-refractivity contribution is 0.0820. The molecule has 0 amide bonds. The minimum Gasteiger partial charge on any atom is -0.370 e. The number of nitrogen functional groups attached to an aromatic ring is 1. The summed E-state index contributed by atoms with van der Waals surface area (Å²) in [7, 11) is -1.09. The molecule has 1 aliphatic rings. The third kappa shape index (κ3) is 4.23. The number of nitrogens with one attached hydrogen (secondary N) is 1. The molecule has 0 radical (unpaired) electrons. The monoisotopic (exact) mass is 403 g/mol. The zero-order chi connectivity index (χ0) is 19.5. The van der Waals surface area contributed by atoms with Crippen LogP contribution in [-0.4, -0.2) is 39.1 Å². The predicted octanol–water partition coefficient (Wildman–Crippen LogP) is 2.47. The van der Waals surface area contributed by atoms with Crippen molar-refractivity contribution in [3.63, 3.8) is 0 Å². The first-order valence-electron chi connectivity index (χ1n) is 9.02. The first-order valence-corrected chi connectivity index (χ1v) is 10.4. The van der Waals surface area contributed by atoms with Gasteiger partial charge in [0.1, 0.15) is 6.35 Å². The third-order valence-corrected chi connectivity index (χ3v) is 5.83. The molecule has 0 spiro atoms. The van der Waals surface area contributed by atoms with Crippen LogP contribution >= 0.6 is 8.38 Å². The van der Waals surface area contributed by atoms with Gasteiger partial charge in [-0.1, -0.05) is 29.8 Å².